The number of anilines is 3. The number of aromatic nitrogens is 12. The highest BCUT2D eigenvalue weighted by atomic mass is 31.3. The monoisotopic (exact) mass is 1560 g/mol. The van der Waals surface area contributed by atoms with E-state index in [-0.39, 0.29) is 75.5 Å². The van der Waals surface area contributed by atoms with E-state index in [1.165, 1.54) is 13.7 Å². The summed E-state index contributed by atoms with van der Waals surface area (Å²) in [6.07, 6.45) is -12.0. The predicted octanol–water partition coefficient (Wildman–Crippen LogP) is -14.4. The summed E-state index contributed by atoms with van der Waals surface area (Å²) in [7, 11) is -54.2. The molecule has 9 rings (SSSR count). The molecule has 6 aromatic rings. The summed E-state index contributed by atoms with van der Waals surface area (Å²) >= 11 is 0. The number of aliphatic hydroxyl groups is 6. The predicted molar refractivity (Wildman–Crippen MR) is 268 cm³/mol. The van der Waals surface area contributed by atoms with Crippen molar-refractivity contribution in [2.75, 3.05) is 37.0 Å². The van der Waals surface area contributed by atoms with Crippen molar-refractivity contribution in [3.63, 3.8) is 0 Å². The van der Waals surface area contributed by atoms with Gasteiger partial charge in [-0.15, -0.1) is 0 Å². The van der Waals surface area contributed by atoms with Crippen molar-refractivity contribution in [2.45, 2.75) is 73.6 Å². The summed E-state index contributed by atoms with van der Waals surface area (Å²) in [5.74, 6) is 0.0586. The van der Waals surface area contributed by atoms with Gasteiger partial charge in [-0.05, 0) is 0 Å². The van der Waals surface area contributed by atoms with E-state index in [2.05, 4.69) is 84.3 Å². The van der Waals surface area contributed by atoms with E-state index >= 15 is 0 Å². The Kier molecular flexibility index (Phi) is 28.5. The van der Waals surface area contributed by atoms with E-state index in [0.29, 0.717) is 0 Å². The number of phosphoric ester groups is 3. The molecule has 0 saturated carbocycles. The molecule has 0 amide bonds. The number of aliphatic hydroxyl groups excluding tert-OH is 6. The lowest BCUT2D eigenvalue weighted by Gasteiger charge is -2.37. The van der Waals surface area contributed by atoms with Crippen LogP contribution in [0.3, 0.4) is 0 Å². The lowest BCUT2D eigenvalue weighted by Crippen LogP contribution is -2.34. The molecule has 12 N–H and O–H groups in total. The van der Waals surface area contributed by atoms with Crippen LogP contribution in [0.25, 0.3) is 33.5 Å². The fourth-order valence-electron chi connectivity index (χ4n) is 7.80. The average molecular weight is 1570 g/mol. The summed E-state index contributed by atoms with van der Waals surface area (Å²) in [5, 5.41) is 61.0. The molecule has 3 fully saturated rings. The molecule has 3 saturated heterocycles. The molecular formula is C30H36N19O39P9. The SMILES string of the molecule is Nc1ncnc2c1ncn2[C@@H]1O[C@H](COP(=O)([O-])OP(=O)([O-])OP(=O)([O-])[O-])[C@@H](O)[C@H]1O.Nc1ncnc2c1ncn2[C@@H]1O[C@H](COP(=O)([O-])OP(=O)([O-])OP(=O)([O-])[O-])[C@@H](O)[C@H]1O.Nc1ncnc2c1ncn2[C@@H]1O[C@H](COP(=O)([O-])OP(=O)([O-])OP(=O)([O-])[O-])[C@@H](O)[C@H]1O.[N+3].[N+3].[N+3].[N+3]. The zero-order valence-electron chi connectivity index (χ0n) is 46.1. The summed E-state index contributed by atoms with van der Waals surface area (Å²) in [4.78, 5) is 165. The van der Waals surface area contributed by atoms with Gasteiger partial charge in [0.05, 0.1) is 62.3 Å². The van der Waals surface area contributed by atoms with E-state index < -0.39 is 164 Å². The Labute approximate surface area is 535 Å². The molecule has 6 unspecified atom stereocenters. The van der Waals surface area contributed by atoms with Gasteiger partial charge < -0.3 is 148 Å². The Morgan fingerprint density at radius 2 is 0.567 bits per heavy atom. The summed E-state index contributed by atoms with van der Waals surface area (Å²) in [5.41, 5.74) is 17.8. The van der Waals surface area contributed by atoms with Crippen LogP contribution in [0.2, 0.25) is 0 Å². The number of fused-ring (bicyclic) bond motifs is 3. The maximum absolute atomic E-state index is 11.6. The zero-order valence-corrected chi connectivity index (χ0v) is 54.1. The summed E-state index contributed by atoms with van der Waals surface area (Å²) in [6.45, 7) is -3.23. The van der Waals surface area contributed by atoms with Gasteiger partial charge in [0, 0.05) is 0 Å². The third-order valence-corrected chi connectivity index (χ3v) is 22.4. The highest BCUT2D eigenvalue weighted by molar-refractivity contribution is 7.66. The summed E-state index contributed by atoms with van der Waals surface area (Å²) < 4.78 is 151. The molecule has 0 bridgehead atoms. The lowest BCUT2D eigenvalue weighted by atomic mass is 10.1. The Bertz CT molecular complexity index is 3730. The van der Waals surface area contributed by atoms with Crippen LogP contribution in [0.4, 0.5) is 17.5 Å². The standard InChI is InChI=1S/3C10H16N5O13P3.4N/c3*11-8-5-9(13-2-12-8)15(3-14-5)10-7(17)6(16)4(26-10)1-25-30(21,22)28-31(23,24)27-29(18,19)20;;;;/h3*2-4,6-7,10,16-17H,1H2,(H,21,22)(H,23,24)(H2,11,12,13)(H2,18,19,20);;;;/q;;;4*+3/p-12/t3*4-,6-,7-,10-;;;;/m111..../s1. The first-order chi connectivity index (χ1) is 42.6. The van der Waals surface area contributed by atoms with Gasteiger partial charge in [0.2, 0.25) is 0 Å². The fourth-order valence-corrected chi connectivity index (χ4v) is 16.4. The van der Waals surface area contributed by atoms with Crippen LogP contribution in [-0.4, -0.2) is 164 Å². The van der Waals surface area contributed by atoms with E-state index in [0.717, 1.165) is 38.0 Å². The van der Waals surface area contributed by atoms with Crippen LogP contribution < -0.4 is 101 Å². The molecule has 58 nitrogen and oxygen atoms in total. The number of imidazole rings is 3. The molecular weight excluding hydrogens is 1530 g/mol. The number of phosphoric acid groups is 9. The number of nitrogen functional groups attached to an aromatic ring is 3. The molecule has 8 radical (unpaired) electrons. The van der Waals surface area contributed by atoms with Crippen LogP contribution in [0.1, 0.15) is 18.7 Å². The smallest absolute Gasteiger partial charge is 0.790 e. The second-order valence-electron chi connectivity index (χ2n) is 17.8. The second kappa shape index (κ2) is 32.2. The van der Waals surface area contributed by atoms with Gasteiger partial charge in [-0.25, -0.2) is 57.8 Å². The zero-order chi connectivity index (χ0) is 69.6. The van der Waals surface area contributed by atoms with E-state index in [9.17, 15) is 130 Å². The first-order valence-electron chi connectivity index (χ1n) is 23.5. The van der Waals surface area contributed by atoms with Crippen molar-refractivity contribution in [2.24, 2.45) is 0 Å². The summed E-state index contributed by atoms with van der Waals surface area (Å²) in [6, 6.07) is 0. The van der Waals surface area contributed by atoms with Gasteiger partial charge in [0.25, 0.3) is 46.9 Å². The van der Waals surface area contributed by atoms with Crippen molar-refractivity contribution in [3.05, 3.63) is 38.0 Å². The largest absolute Gasteiger partial charge is 3.00 e. The Balaban J connectivity index is 0.000000371. The average Bonchev–Trinajstić information content (AvgIpc) is 1.63. The maximum Gasteiger partial charge on any atom is 3.00 e. The Hall–Kier alpha value is -5.24. The van der Waals surface area contributed by atoms with Crippen LogP contribution in [0, 0.1) is 0 Å². The minimum absolute atomic E-state index is 0. The molecule has 18 atom stereocenters. The number of nitrogens with two attached hydrogens (primary N) is 3. The van der Waals surface area contributed by atoms with Crippen LogP contribution in [0.15, 0.2) is 38.0 Å². The van der Waals surface area contributed by atoms with Crippen LogP contribution >= 0.6 is 70.4 Å². The fraction of sp³-hybridized carbons (Fsp3) is 0.500. The number of hydrogen-bond acceptors (Lipinski definition) is 51. The first kappa shape index (κ1) is 86.0. The molecule has 97 heavy (non-hydrogen) atoms. The molecule has 9 heterocycles. The number of rotatable bonds is 24. The van der Waals surface area contributed by atoms with E-state index in [4.69, 9.17) is 31.4 Å². The topological polar surface area (TPSA) is 993 Å². The third kappa shape index (κ3) is 22.6. The molecule has 0 aliphatic carbocycles. The van der Waals surface area contributed by atoms with Crippen molar-refractivity contribution >= 4 is 121 Å². The van der Waals surface area contributed by atoms with Crippen molar-refractivity contribution in [1.82, 2.24) is 83.2 Å². The molecule has 6 aromatic heterocycles. The molecule has 0 aromatic carbocycles. The highest BCUT2D eigenvalue weighted by Crippen LogP contribution is 2.63. The minimum Gasteiger partial charge on any atom is -0.790 e. The second-order valence-corrected chi connectivity index (χ2v) is 30.5. The lowest BCUT2D eigenvalue weighted by molar-refractivity contribution is -0.342. The molecule has 530 valence electrons. The number of nitrogens with zero attached hydrogens (tertiary/aromatic N) is 16. The number of ether oxygens (including phenoxy) is 3. The number of hydrogen-bond donors (Lipinski definition) is 9. The quantitative estimate of drug-likeness (QED) is 0.0254. The van der Waals surface area contributed by atoms with Gasteiger partial charge >= 0.3 is 24.6 Å². The van der Waals surface area contributed by atoms with Crippen LogP contribution in [0.5, 0.6) is 0 Å². The molecule has 3 aliphatic heterocycles. The molecule has 0 spiro atoms. The van der Waals surface area contributed by atoms with E-state index in [1.807, 2.05) is 0 Å². The van der Waals surface area contributed by atoms with Crippen molar-refractivity contribution in [1.29, 1.82) is 0 Å². The van der Waals surface area contributed by atoms with Gasteiger partial charge in [-0.3, -0.25) is 54.0 Å². The van der Waals surface area contributed by atoms with Crippen molar-refractivity contribution in [3.8, 4) is 0 Å². The Morgan fingerprint density at radius 1 is 0.351 bits per heavy atom. The first-order valence-corrected chi connectivity index (χ1v) is 36.7. The Morgan fingerprint density at radius 3 is 0.773 bits per heavy atom. The van der Waals surface area contributed by atoms with Crippen molar-refractivity contribution < 1.29 is 184 Å². The minimum atomic E-state index is -6.14. The molecule has 67 heteroatoms. The van der Waals surface area contributed by atoms with Gasteiger partial charge in [-0.2, -0.15) is 0 Å². The van der Waals surface area contributed by atoms with Crippen LogP contribution in [-0.2, 0) is 94.7 Å². The van der Waals surface area contributed by atoms with Gasteiger partial charge in [0.15, 0.2) is 53.1 Å². The normalized spacial score (nSPS) is 27.3. The van der Waals surface area contributed by atoms with Gasteiger partial charge in [0.1, 0.15) is 90.5 Å². The molecule has 3 aliphatic rings. The highest BCUT2D eigenvalue weighted by Gasteiger charge is 3.00. The third-order valence-electron chi connectivity index (χ3n) is 11.4. The van der Waals surface area contributed by atoms with Gasteiger partial charge in [-0.1, -0.05) is 0 Å². The van der Waals surface area contributed by atoms with E-state index in [1.54, 1.807) is 0 Å². The maximum atomic E-state index is 11.6.